The zero-order valence-corrected chi connectivity index (χ0v) is 6.71. The Balaban J connectivity index is 2.64. The third-order valence-electron chi connectivity index (χ3n) is 1.10. The molecule has 0 aliphatic rings. The molecule has 0 unspecified atom stereocenters. The van der Waals surface area contributed by atoms with Gasteiger partial charge in [0.25, 0.3) is 0 Å². The average molecular weight is 161 g/mol. The number of nitrogens with zero attached hydrogens (tertiary/aromatic N) is 1. The Morgan fingerprint density at radius 1 is 1.27 bits per heavy atom. The fourth-order valence-corrected chi connectivity index (χ4v) is 0.716. The molecule has 2 radical (unpaired) electrons. The van der Waals surface area contributed by atoms with Crippen molar-refractivity contribution in [2.75, 3.05) is 0 Å². The molecule has 0 saturated carbocycles. The van der Waals surface area contributed by atoms with Crippen LogP contribution in [0.25, 0.3) is 0 Å². The normalized spacial score (nSPS) is 11.3. The van der Waals surface area contributed by atoms with Gasteiger partial charge >= 0.3 is 0 Å². The van der Waals surface area contributed by atoms with Crippen molar-refractivity contribution in [2.45, 2.75) is 0 Å². The molecule has 0 spiro atoms. The molecule has 0 heterocycles. The number of rotatable bonds is 2. The molecule has 1 nitrogen and oxygen atoms in total. The van der Waals surface area contributed by atoms with Crippen molar-refractivity contribution in [3.05, 3.63) is 47.5 Å². The van der Waals surface area contributed by atoms with E-state index < -0.39 is 0 Å². The highest BCUT2D eigenvalue weighted by molar-refractivity contribution is 7.83. The van der Waals surface area contributed by atoms with Gasteiger partial charge in [0, 0.05) is 17.2 Å². The molecule has 54 valence electrons. The molecule has 0 bridgehead atoms. The zero-order valence-electron chi connectivity index (χ0n) is 5.90. The van der Waals surface area contributed by atoms with E-state index >= 15 is 0 Å². The van der Waals surface area contributed by atoms with Crippen molar-refractivity contribution < 1.29 is 0 Å². The Hall–Kier alpha value is -1.15. The molecule has 0 atom stereocenters. The second kappa shape index (κ2) is 4.63. The van der Waals surface area contributed by atoms with Crippen LogP contribution in [0.3, 0.4) is 0 Å². The second-order valence-electron chi connectivity index (χ2n) is 1.89. The Morgan fingerprint density at radius 3 is 2.64 bits per heavy atom. The molecule has 11 heavy (non-hydrogen) atoms. The lowest BCUT2D eigenvalue weighted by atomic mass is 10.2. The molecule has 0 fully saturated rings. The molecule has 0 aromatic heterocycles. The summed E-state index contributed by atoms with van der Waals surface area (Å²) in [6, 6.07) is 9.69. The van der Waals surface area contributed by atoms with E-state index in [0.29, 0.717) is 0 Å². The minimum atomic E-state index is 0.959. The molecule has 0 saturated heterocycles. The van der Waals surface area contributed by atoms with E-state index in [9.17, 15) is 0 Å². The second-order valence-corrected chi connectivity index (χ2v) is 2.16. The van der Waals surface area contributed by atoms with Crippen LogP contribution in [0.15, 0.2) is 46.9 Å². The topological polar surface area (TPSA) is 12.4 Å². The lowest BCUT2D eigenvalue weighted by Crippen LogP contribution is -1.75. The Morgan fingerprint density at radius 2 is 2.00 bits per heavy atom. The van der Waals surface area contributed by atoms with Gasteiger partial charge in [-0.05, 0) is 0 Å². The van der Waals surface area contributed by atoms with Crippen LogP contribution in [-0.4, -0.2) is 6.21 Å². The summed E-state index contributed by atoms with van der Waals surface area (Å²) < 4.78 is 0. The summed E-state index contributed by atoms with van der Waals surface area (Å²) in [5, 5.41) is 1.45. The number of benzene rings is 1. The van der Waals surface area contributed by atoms with Crippen molar-refractivity contribution >= 4 is 18.8 Å². The van der Waals surface area contributed by atoms with E-state index in [2.05, 4.69) is 23.8 Å². The molecule has 1 rings (SSSR count). The minimum Gasteiger partial charge on any atom is -0.253 e. The van der Waals surface area contributed by atoms with Gasteiger partial charge in [0.1, 0.15) is 0 Å². The van der Waals surface area contributed by atoms with E-state index in [-0.39, 0.29) is 0 Å². The predicted molar refractivity (Wildman–Crippen MR) is 49.7 cm³/mol. The monoisotopic (exact) mass is 161 g/mol. The summed E-state index contributed by atoms with van der Waals surface area (Å²) >= 11 is 4.55. The van der Waals surface area contributed by atoms with Gasteiger partial charge in [0.2, 0.25) is 0 Å². The summed E-state index contributed by atoms with van der Waals surface area (Å²) in [5.74, 6) is 0. The fourth-order valence-electron chi connectivity index (χ4n) is 0.655. The van der Waals surface area contributed by atoms with Crippen LogP contribution in [0.5, 0.6) is 0 Å². The van der Waals surface area contributed by atoms with E-state index in [1.807, 2.05) is 30.3 Å². The summed E-state index contributed by atoms with van der Waals surface area (Å²) in [5.41, 5.74) is 0.959. The predicted octanol–water partition coefficient (Wildman–Crippen LogP) is 2.65. The first kappa shape index (κ1) is 7.95. The van der Waals surface area contributed by atoms with Crippen molar-refractivity contribution in [3.63, 3.8) is 0 Å². The number of hydrogen-bond acceptors (Lipinski definition) is 1. The van der Waals surface area contributed by atoms with Gasteiger partial charge in [-0.15, -0.1) is 0 Å². The third kappa shape index (κ3) is 2.96. The summed E-state index contributed by atoms with van der Waals surface area (Å²) in [4.78, 5) is 3.83. The summed E-state index contributed by atoms with van der Waals surface area (Å²) in [7, 11) is 0. The van der Waals surface area contributed by atoms with Gasteiger partial charge < -0.3 is 0 Å². The van der Waals surface area contributed by atoms with Gasteiger partial charge in [-0.3, -0.25) is 4.99 Å². The average Bonchev–Trinajstić information content (AvgIpc) is 2.07. The van der Waals surface area contributed by atoms with Crippen LogP contribution < -0.4 is 0 Å². The Kier molecular flexibility index (Phi) is 3.35. The SMILES string of the molecule is [S]/C=C/N=[C]c1ccccc1. The first-order valence-corrected chi connectivity index (χ1v) is 3.68. The van der Waals surface area contributed by atoms with E-state index in [1.165, 1.54) is 11.6 Å². The molecule has 0 N–H and O–H groups in total. The van der Waals surface area contributed by atoms with E-state index in [4.69, 9.17) is 0 Å². The van der Waals surface area contributed by atoms with Crippen molar-refractivity contribution in [3.8, 4) is 0 Å². The van der Waals surface area contributed by atoms with Crippen molar-refractivity contribution in [2.24, 2.45) is 4.99 Å². The van der Waals surface area contributed by atoms with Gasteiger partial charge in [0.05, 0.1) is 6.21 Å². The van der Waals surface area contributed by atoms with Gasteiger partial charge in [-0.25, -0.2) is 0 Å². The highest BCUT2D eigenvalue weighted by Gasteiger charge is 1.81. The van der Waals surface area contributed by atoms with Crippen LogP contribution in [0.4, 0.5) is 0 Å². The maximum absolute atomic E-state index is 4.55. The quantitative estimate of drug-likeness (QED) is 0.591. The third-order valence-corrected chi connectivity index (χ3v) is 1.22. The lowest BCUT2D eigenvalue weighted by molar-refractivity contribution is 1.58. The Labute approximate surface area is 71.9 Å². The maximum atomic E-state index is 4.55. The fraction of sp³-hybridized carbons (Fsp3) is 0. The smallest absolute Gasteiger partial charge is 0.0964 e. The molecular formula is C9H7NS. The molecule has 0 amide bonds. The highest BCUT2D eigenvalue weighted by atomic mass is 32.1. The van der Waals surface area contributed by atoms with Gasteiger partial charge in [0.15, 0.2) is 0 Å². The minimum absolute atomic E-state index is 0.959. The molecule has 0 aliphatic heterocycles. The zero-order chi connectivity index (χ0) is 7.94. The van der Waals surface area contributed by atoms with Crippen LogP contribution in [0.2, 0.25) is 0 Å². The first-order valence-electron chi connectivity index (χ1n) is 3.21. The highest BCUT2D eigenvalue weighted by Crippen LogP contribution is 1.93. The van der Waals surface area contributed by atoms with Gasteiger partial charge in [-0.2, -0.15) is 0 Å². The lowest BCUT2D eigenvalue weighted by Gasteiger charge is -1.85. The van der Waals surface area contributed by atoms with Crippen molar-refractivity contribution in [1.82, 2.24) is 0 Å². The molecule has 1 aromatic rings. The number of aliphatic imine (C=N–C) groups is 1. The number of hydrogen-bond donors (Lipinski definition) is 0. The van der Waals surface area contributed by atoms with Crippen LogP contribution >= 0.6 is 12.6 Å². The van der Waals surface area contributed by atoms with E-state index in [0.717, 1.165) is 5.56 Å². The molecule has 0 aliphatic carbocycles. The Bertz CT molecular complexity index is 252. The largest absolute Gasteiger partial charge is 0.253 e. The first-order chi connectivity index (χ1) is 5.43. The van der Waals surface area contributed by atoms with Crippen LogP contribution in [0.1, 0.15) is 5.56 Å². The maximum Gasteiger partial charge on any atom is 0.0964 e. The molecular weight excluding hydrogens is 154 g/mol. The van der Waals surface area contributed by atoms with Crippen LogP contribution in [0, 0.1) is 0 Å². The van der Waals surface area contributed by atoms with Crippen molar-refractivity contribution in [1.29, 1.82) is 0 Å². The summed E-state index contributed by atoms with van der Waals surface area (Å²) in [6.45, 7) is 0. The summed E-state index contributed by atoms with van der Waals surface area (Å²) in [6.07, 6.45) is 4.35. The molecule has 2 heteroatoms. The van der Waals surface area contributed by atoms with Gasteiger partial charge in [-0.1, -0.05) is 43.0 Å². The molecule has 1 aromatic carbocycles. The van der Waals surface area contributed by atoms with E-state index in [1.54, 1.807) is 0 Å². The van der Waals surface area contributed by atoms with Crippen LogP contribution in [-0.2, 0) is 0 Å². The standard InChI is InChI=1S/C9H7NS/c11-7-6-10-8-9-4-2-1-3-5-9/h1-7H/b7-6+,10-8?.